The van der Waals surface area contributed by atoms with Gasteiger partial charge in [0.2, 0.25) is 0 Å². The van der Waals surface area contributed by atoms with Gasteiger partial charge >= 0.3 is 6.18 Å². The van der Waals surface area contributed by atoms with Crippen LogP contribution in [0.2, 0.25) is 0 Å². The van der Waals surface area contributed by atoms with E-state index in [-0.39, 0.29) is 5.69 Å². The van der Waals surface area contributed by atoms with Gasteiger partial charge in [-0.1, -0.05) is 6.07 Å². The number of alkyl halides is 3. The van der Waals surface area contributed by atoms with Crippen molar-refractivity contribution in [3.63, 3.8) is 0 Å². The summed E-state index contributed by atoms with van der Waals surface area (Å²) in [6.45, 7) is 0.637. The van der Waals surface area contributed by atoms with Crippen LogP contribution in [0.15, 0.2) is 48.8 Å². The molecule has 0 aliphatic carbocycles. The Balaban J connectivity index is 2.21. The van der Waals surface area contributed by atoms with E-state index in [2.05, 4.69) is 5.32 Å². The van der Waals surface area contributed by atoms with Gasteiger partial charge in [0, 0.05) is 23.8 Å². The molecular weight excluding hydrogens is 283 g/mol. The third-order valence-electron chi connectivity index (χ3n) is 3.07. The molecule has 3 N–H and O–H groups in total. The zero-order valence-electron chi connectivity index (χ0n) is 11.2. The summed E-state index contributed by atoms with van der Waals surface area (Å²) in [6, 6.07) is 10.1. The lowest BCUT2D eigenvalue weighted by Gasteiger charge is -2.26. The third-order valence-corrected chi connectivity index (χ3v) is 3.07. The Kier molecular flexibility index (Phi) is 3.78. The number of aromatic nitrogens is 1. The Bertz CT molecular complexity index is 633. The first-order valence-electron chi connectivity index (χ1n) is 6.12. The van der Waals surface area contributed by atoms with E-state index < -0.39 is 17.6 Å². The van der Waals surface area contributed by atoms with E-state index >= 15 is 0 Å². The summed E-state index contributed by atoms with van der Waals surface area (Å²) < 4.78 is 39.9. The van der Waals surface area contributed by atoms with Gasteiger partial charge in [0.1, 0.15) is 0 Å². The van der Waals surface area contributed by atoms with Crippen LogP contribution in [0, 0.1) is 0 Å². The second-order valence-corrected chi connectivity index (χ2v) is 4.79. The summed E-state index contributed by atoms with van der Waals surface area (Å²) in [7, 11) is 0. The van der Waals surface area contributed by atoms with Crippen molar-refractivity contribution >= 4 is 11.6 Å². The Morgan fingerprint density at radius 3 is 2.38 bits per heavy atom. The lowest BCUT2D eigenvalue weighted by atomic mass is 10.0. The molecule has 112 valence electrons. The molecule has 0 saturated heterocycles. The molecule has 2 rings (SSSR count). The number of benzene rings is 1. The van der Waals surface area contributed by atoms with E-state index in [9.17, 15) is 18.0 Å². The maximum Gasteiger partial charge on any atom is 0.415 e. The first-order valence-corrected chi connectivity index (χ1v) is 6.12. The fraction of sp³-hybridized carbons (Fsp3) is 0.214. The van der Waals surface area contributed by atoms with Gasteiger partial charge in [-0.05, 0) is 37.3 Å². The zero-order valence-corrected chi connectivity index (χ0v) is 11.2. The topological polar surface area (TPSA) is 60.1 Å². The average molecular weight is 297 g/mol. The van der Waals surface area contributed by atoms with Crippen LogP contribution in [0.1, 0.15) is 6.92 Å². The number of amides is 1. The van der Waals surface area contributed by atoms with E-state index in [0.717, 1.165) is 0 Å². The summed E-state index contributed by atoms with van der Waals surface area (Å²) in [5, 5.41) is 2.19. The van der Waals surface area contributed by atoms with Crippen LogP contribution in [-0.2, 0) is 4.79 Å². The molecule has 1 aromatic carbocycles. The fourth-order valence-corrected chi connectivity index (χ4v) is 1.64. The van der Waals surface area contributed by atoms with Gasteiger partial charge < -0.3 is 15.6 Å². The van der Waals surface area contributed by atoms with Crippen LogP contribution in [0.25, 0.3) is 5.69 Å². The van der Waals surface area contributed by atoms with Gasteiger partial charge in [0.15, 0.2) is 5.54 Å². The largest absolute Gasteiger partial charge is 0.415 e. The molecule has 0 radical (unpaired) electrons. The van der Waals surface area contributed by atoms with E-state index in [4.69, 9.17) is 5.73 Å². The summed E-state index contributed by atoms with van der Waals surface area (Å²) >= 11 is 0. The monoisotopic (exact) mass is 297 g/mol. The molecule has 21 heavy (non-hydrogen) atoms. The summed E-state index contributed by atoms with van der Waals surface area (Å²) in [6.07, 6.45) is -1.26. The van der Waals surface area contributed by atoms with Crippen molar-refractivity contribution in [2.24, 2.45) is 5.73 Å². The standard InChI is InChI=1S/C14H14F3N3O/c1-13(18,14(15,16)17)12(21)19-10-5-4-6-11(9-10)20-7-2-3-8-20/h2-9H,18H2,1H3,(H,19,21). The molecular formula is C14H14F3N3O. The number of nitrogens with one attached hydrogen (secondary N) is 1. The fourth-order valence-electron chi connectivity index (χ4n) is 1.64. The number of anilines is 1. The van der Waals surface area contributed by atoms with Crippen molar-refractivity contribution in [2.45, 2.75) is 18.6 Å². The van der Waals surface area contributed by atoms with E-state index in [1.165, 1.54) is 6.07 Å². The van der Waals surface area contributed by atoms with Crippen molar-refractivity contribution in [3.05, 3.63) is 48.8 Å². The van der Waals surface area contributed by atoms with Crippen molar-refractivity contribution in [3.8, 4) is 5.69 Å². The SMILES string of the molecule is CC(N)(C(=O)Nc1cccc(-n2cccc2)c1)C(F)(F)F. The molecule has 0 fully saturated rings. The van der Waals surface area contributed by atoms with Crippen molar-refractivity contribution in [1.29, 1.82) is 0 Å². The Morgan fingerprint density at radius 2 is 1.81 bits per heavy atom. The molecule has 4 nitrogen and oxygen atoms in total. The molecule has 0 spiro atoms. The number of rotatable bonds is 3. The molecule has 1 atom stereocenters. The lowest BCUT2D eigenvalue weighted by molar-refractivity contribution is -0.184. The van der Waals surface area contributed by atoms with Gasteiger partial charge in [-0.3, -0.25) is 4.79 Å². The van der Waals surface area contributed by atoms with Gasteiger partial charge in [0.25, 0.3) is 5.91 Å². The highest BCUT2D eigenvalue weighted by atomic mass is 19.4. The van der Waals surface area contributed by atoms with Crippen molar-refractivity contribution in [1.82, 2.24) is 4.57 Å². The molecule has 0 saturated carbocycles. The summed E-state index contributed by atoms with van der Waals surface area (Å²) in [4.78, 5) is 11.7. The minimum atomic E-state index is -4.82. The number of carbonyl (C=O) groups is 1. The minimum absolute atomic E-state index is 0.243. The van der Waals surface area contributed by atoms with Crippen molar-refractivity contribution < 1.29 is 18.0 Å². The average Bonchev–Trinajstić information content (AvgIpc) is 2.91. The number of halogens is 3. The van der Waals surface area contributed by atoms with Crippen LogP contribution < -0.4 is 11.1 Å². The molecule has 1 aromatic heterocycles. The third kappa shape index (κ3) is 3.08. The normalized spacial score (nSPS) is 14.5. The highest BCUT2D eigenvalue weighted by Gasteiger charge is 2.53. The molecule has 0 bridgehead atoms. The van der Waals surface area contributed by atoms with E-state index in [0.29, 0.717) is 12.6 Å². The minimum Gasteiger partial charge on any atom is -0.324 e. The Labute approximate surface area is 119 Å². The number of nitrogens with two attached hydrogens (primary N) is 1. The maximum atomic E-state index is 12.7. The second kappa shape index (κ2) is 5.25. The number of nitrogens with zero attached hydrogens (tertiary/aromatic N) is 1. The van der Waals surface area contributed by atoms with Crippen LogP contribution in [-0.4, -0.2) is 22.2 Å². The molecule has 1 heterocycles. The molecule has 0 aliphatic rings. The number of hydrogen-bond acceptors (Lipinski definition) is 2. The van der Waals surface area contributed by atoms with Crippen LogP contribution in [0.4, 0.5) is 18.9 Å². The molecule has 7 heteroatoms. The van der Waals surface area contributed by atoms with E-state index in [1.54, 1.807) is 35.2 Å². The van der Waals surface area contributed by atoms with Gasteiger partial charge in [-0.2, -0.15) is 13.2 Å². The smallest absolute Gasteiger partial charge is 0.324 e. The molecule has 0 aliphatic heterocycles. The predicted molar refractivity (Wildman–Crippen MR) is 73.0 cm³/mol. The quantitative estimate of drug-likeness (QED) is 0.915. The van der Waals surface area contributed by atoms with Crippen molar-refractivity contribution in [2.75, 3.05) is 5.32 Å². The van der Waals surface area contributed by atoms with Gasteiger partial charge in [-0.25, -0.2) is 0 Å². The van der Waals surface area contributed by atoms with Gasteiger partial charge in [-0.15, -0.1) is 0 Å². The molecule has 1 amide bonds. The van der Waals surface area contributed by atoms with E-state index in [1.807, 2.05) is 12.1 Å². The van der Waals surface area contributed by atoms with Crippen LogP contribution in [0.5, 0.6) is 0 Å². The number of carbonyl (C=O) groups excluding carboxylic acids is 1. The second-order valence-electron chi connectivity index (χ2n) is 4.79. The zero-order chi connectivity index (χ0) is 15.7. The first-order chi connectivity index (χ1) is 9.72. The molecule has 1 unspecified atom stereocenters. The predicted octanol–water partition coefficient (Wildman–Crippen LogP) is 2.70. The summed E-state index contributed by atoms with van der Waals surface area (Å²) in [5.41, 5.74) is 3.08. The highest BCUT2D eigenvalue weighted by Crippen LogP contribution is 2.29. The first kappa shape index (κ1) is 15.1. The summed E-state index contributed by atoms with van der Waals surface area (Å²) in [5.74, 6) is -1.31. The Morgan fingerprint density at radius 1 is 1.19 bits per heavy atom. The number of hydrogen-bond donors (Lipinski definition) is 2. The highest BCUT2D eigenvalue weighted by molar-refractivity contribution is 5.98. The van der Waals surface area contributed by atoms with Crippen LogP contribution >= 0.6 is 0 Å². The lowest BCUT2D eigenvalue weighted by Crippen LogP contribution is -2.59. The van der Waals surface area contributed by atoms with Crippen LogP contribution in [0.3, 0.4) is 0 Å². The maximum absolute atomic E-state index is 12.7. The Hall–Kier alpha value is -2.28. The van der Waals surface area contributed by atoms with Gasteiger partial charge in [0.05, 0.1) is 0 Å². The molecule has 2 aromatic rings.